The maximum atomic E-state index is 13.6. The van der Waals surface area contributed by atoms with Gasteiger partial charge < -0.3 is 14.2 Å². The Hall–Kier alpha value is -3.90. The van der Waals surface area contributed by atoms with Crippen molar-refractivity contribution in [2.45, 2.75) is 58.6 Å². The molecular formula is C34H39N3O3. The lowest BCUT2D eigenvalue weighted by Gasteiger charge is -2.26. The van der Waals surface area contributed by atoms with Crippen molar-refractivity contribution in [2.24, 2.45) is 0 Å². The molecule has 0 spiro atoms. The Balaban J connectivity index is 1.35. The van der Waals surface area contributed by atoms with Crippen LogP contribution < -0.4 is 5.32 Å². The molecule has 4 aromatic rings. The van der Waals surface area contributed by atoms with Gasteiger partial charge in [0.05, 0.1) is 0 Å². The highest BCUT2D eigenvalue weighted by Crippen LogP contribution is 2.28. The smallest absolute Gasteiger partial charge is 0.412 e. The first kappa shape index (κ1) is 27.7. The number of rotatable bonds is 8. The second-order valence-corrected chi connectivity index (χ2v) is 11.6. The van der Waals surface area contributed by atoms with Gasteiger partial charge in [-0.15, -0.1) is 0 Å². The molecule has 0 atom stereocenters. The average Bonchev–Trinajstić information content (AvgIpc) is 3.35. The average molecular weight is 538 g/mol. The van der Waals surface area contributed by atoms with Gasteiger partial charge in [0.1, 0.15) is 5.60 Å². The number of nitrogens with zero attached hydrogens (tertiary/aromatic N) is 2. The number of ketones is 1. The van der Waals surface area contributed by atoms with E-state index in [1.807, 2.05) is 81.4 Å². The fourth-order valence-electron chi connectivity index (χ4n) is 5.36. The van der Waals surface area contributed by atoms with Crippen LogP contribution in [0.1, 0.15) is 56.0 Å². The zero-order valence-electron chi connectivity index (χ0n) is 23.8. The minimum Gasteiger partial charge on any atom is -0.444 e. The molecule has 40 heavy (non-hydrogen) atoms. The molecule has 1 aromatic heterocycles. The molecular weight excluding hydrogens is 498 g/mol. The number of likely N-dealkylation sites (tertiary alicyclic amines) is 1. The molecule has 0 aliphatic carbocycles. The van der Waals surface area contributed by atoms with Gasteiger partial charge in [-0.25, -0.2) is 4.79 Å². The standard InChI is InChI=1S/C34H39N3O3/c1-34(2,3)40-33(39)35-30-14-12-26(25-10-6-4-7-11-25)22-29(30)24-32(38)28-13-15-31-27(23-28)16-19-37(31)21-20-36-17-8-5-9-18-36/h4,6-7,10-16,19,22-23H,5,8-9,17-18,20-21,24H2,1-3H3,(H,35,39). The minimum absolute atomic E-state index is 0.000386. The molecule has 0 bridgehead atoms. The monoisotopic (exact) mass is 537 g/mol. The lowest BCUT2D eigenvalue weighted by atomic mass is 9.96. The van der Waals surface area contributed by atoms with E-state index < -0.39 is 11.7 Å². The SMILES string of the molecule is CC(C)(C)OC(=O)Nc1ccc(-c2ccccc2)cc1CC(=O)c1ccc2c(ccn2CCN2CCCCC2)c1. The molecule has 3 aromatic carbocycles. The summed E-state index contributed by atoms with van der Waals surface area (Å²) in [6, 6.07) is 23.8. The number of carbonyl (C=O) groups excluding carboxylic acids is 2. The summed E-state index contributed by atoms with van der Waals surface area (Å²) in [5, 5.41) is 3.92. The highest BCUT2D eigenvalue weighted by Gasteiger charge is 2.19. The molecule has 1 N–H and O–H groups in total. The zero-order chi connectivity index (χ0) is 28.1. The quantitative estimate of drug-likeness (QED) is 0.236. The normalized spacial score (nSPS) is 14.3. The van der Waals surface area contributed by atoms with Crippen molar-refractivity contribution in [2.75, 3.05) is 25.0 Å². The fourth-order valence-corrected chi connectivity index (χ4v) is 5.36. The van der Waals surface area contributed by atoms with Gasteiger partial charge in [0.25, 0.3) is 0 Å². The Morgan fingerprint density at radius 3 is 2.38 bits per heavy atom. The third kappa shape index (κ3) is 6.99. The van der Waals surface area contributed by atoms with Crippen molar-refractivity contribution in [1.29, 1.82) is 0 Å². The lowest BCUT2D eigenvalue weighted by molar-refractivity contribution is 0.0635. The van der Waals surface area contributed by atoms with Crippen LogP contribution in [0.4, 0.5) is 10.5 Å². The van der Waals surface area contributed by atoms with Crippen molar-refractivity contribution in [3.8, 4) is 11.1 Å². The Morgan fingerprint density at radius 1 is 0.850 bits per heavy atom. The predicted molar refractivity (Wildman–Crippen MR) is 162 cm³/mol. The fraction of sp³-hybridized carbons (Fsp3) is 0.353. The van der Waals surface area contributed by atoms with E-state index >= 15 is 0 Å². The first-order valence-corrected chi connectivity index (χ1v) is 14.3. The Labute approximate surface area is 236 Å². The van der Waals surface area contributed by atoms with Gasteiger partial charge in [-0.05, 0) is 99.8 Å². The molecule has 0 radical (unpaired) electrons. The number of hydrogen-bond donors (Lipinski definition) is 1. The molecule has 0 unspecified atom stereocenters. The van der Waals surface area contributed by atoms with E-state index in [1.165, 1.54) is 32.4 Å². The van der Waals surface area contributed by atoms with Crippen LogP contribution >= 0.6 is 0 Å². The number of ether oxygens (including phenoxy) is 1. The van der Waals surface area contributed by atoms with Crippen molar-refractivity contribution >= 4 is 28.5 Å². The van der Waals surface area contributed by atoms with Crippen LogP contribution in [0.5, 0.6) is 0 Å². The summed E-state index contributed by atoms with van der Waals surface area (Å²) in [6.45, 7) is 9.85. The molecule has 1 fully saturated rings. The summed E-state index contributed by atoms with van der Waals surface area (Å²) >= 11 is 0. The number of nitrogens with one attached hydrogen (secondary N) is 1. The van der Waals surface area contributed by atoms with Gasteiger partial charge in [0, 0.05) is 47.9 Å². The maximum Gasteiger partial charge on any atom is 0.412 e. The van der Waals surface area contributed by atoms with Crippen molar-refractivity contribution < 1.29 is 14.3 Å². The number of hydrogen-bond acceptors (Lipinski definition) is 4. The van der Waals surface area contributed by atoms with Crippen LogP contribution in [0.25, 0.3) is 22.0 Å². The lowest BCUT2D eigenvalue weighted by Crippen LogP contribution is -2.32. The van der Waals surface area contributed by atoms with Crippen LogP contribution in [-0.4, -0.2) is 46.6 Å². The van der Waals surface area contributed by atoms with Gasteiger partial charge in [-0.3, -0.25) is 10.1 Å². The minimum atomic E-state index is -0.621. The number of fused-ring (bicyclic) bond motifs is 1. The van der Waals surface area contributed by atoms with Crippen molar-refractivity contribution in [1.82, 2.24) is 9.47 Å². The van der Waals surface area contributed by atoms with E-state index in [4.69, 9.17) is 4.74 Å². The van der Waals surface area contributed by atoms with Gasteiger partial charge in [0.15, 0.2) is 5.78 Å². The number of Topliss-reactive ketones (excluding diaryl/α,β-unsaturated/α-hetero) is 1. The van der Waals surface area contributed by atoms with Gasteiger partial charge in [0.2, 0.25) is 0 Å². The summed E-state index contributed by atoms with van der Waals surface area (Å²) in [5.74, 6) is 0.000386. The Morgan fingerprint density at radius 2 is 1.62 bits per heavy atom. The van der Waals surface area contributed by atoms with E-state index in [1.54, 1.807) is 0 Å². The van der Waals surface area contributed by atoms with E-state index in [-0.39, 0.29) is 12.2 Å². The first-order valence-electron chi connectivity index (χ1n) is 14.3. The summed E-state index contributed by atoms with van der Waals surface area (Å²) in [7, 11) is 0. The van der Waals surface area contributed by atoms with E-state index in [9.17, 15) is 9.59 Å². The van der Waals surface area contributed by atoms with Gasteiger partial charge >= 0.3 is 6.09 Å². The highest BCUT2D eigenvalue weighted by atomic mass is 16.6. The molecule has 1 amide bonds. The molecule has 2 heterocycles. The Bertz CT molecular complexity index is 1480. The second-order valence-electron chi connectivity index (χ2n) is 11.6. The number of piperidine rings is 1. The Kier molecular flexibility index (Phi) is 8.36. The summed E-state index contributed by atoms with van der Waals surface area (Å²) in [5.41, 5.74) is 4.54. The summed E-state index contributed by atoms with van der Waals surface area (Å²) in [6.07, 6.45) is 5.67. The summed E-state index contributed by atoms with van der Waals surface area (Å²) < 4.78 is 7.75. The van der Waals surface area contributed by atoms with E-state index in [0.29, 0.717) is 11.3 Å². The van der Waals surface area contributed by atoms with Crippen LogP contribution in [0.15, 0.2) is 79.0 Å². The number of anilines is 1. The predicted octanol–water partition coefficient (Wildman–Crippen LogP) is 7.57. The van der Waals surface area contributed by atoms with E-state index in [2.05, 4.69) is 33.1 Å². The zero-order valence-corrected chi connectivity index (χ0v) is 23.8. The molecule has 1 aliphatic rings. The van der Waals surface area contributed by atoms with Crippen LogP contribution in [0.2, 0.25) is 0 Å². The van der Waals surface area contributed by atoms with Crippen molar-refractivity contribution in [3.63, 3.8) is 0 Å². The maximum absolute atomic E-state index is 13.6. The van der Waals surface area contributed by atoms with Crippen LogP contribution in [0, 0.1) is 0 Å². The largest absolute Gasteiger partial charge is 0.444 e. The molecule has 1 saturated heterocycles. The molecule has 6 heteroatoms. The highest BCUT2D eigenvalue weighted by molar-refractivity contribution is 6.02. The van der Waals surface area contributed by atoms with Crippen molar-refractivity contribution in [3.05, 3.63) is 90.1 Å². The van der Waals surface area contributed by atoms with Gasteiger partial charge in [-0.1, -0.05) is 42.8 Å². The first-order chi connectivity index (χ1) is 19.2. The molecule has 208 valence electrons. The molecule has 0 saturated carbocycles. The van der Waals surface area contributed by atoms with E-state index in [0.717, 1.165) is 40.7 Å². The summed E-state index contributed by atoms with van der Waals surface area (Å²) in [4.78, 5) is 28.7. The molecule has 5 rings (SSSR count). The third-order valence-electron chi connectivity index (χ3n) is 7.40. The topological polar surface area (TPSA) is 63.6 Å². The third-order valence-corrected chi connectivity index (χ3v) is 7.40. The second kappa shape index (κ2) is 12.1. The molecule has 6 nitrogen and oxygen atoms in total. The van der Waals surface area contributed by atoms with Gasteiger partial charge in [-0.2, -0.15) is 0 Å². The number of carbonyl (C=O) groups is 2. The van der Waals surface area contributed by atoms with Crippen LogP contribution in [-0.2, 0) is 17.7 Å². The molecule has 1 aliphatic heterocycles. The number of aromatic nitrogens is 1. The number of amides is 1. The van der Waals surface area contributed by atoms with Crippen LogP contribution in [0.3, 0.4) is 0 Å². The number of benzene rings is 3.